The smallest absolute Gasteiger partial charge is 0.150 e. The van der Waals surface area contributed by atoms with Crippen molar-refractivity contribution in [1.82, 2.24) is 4.90 Å². The van der Waals surface area contributed by atoms with Gasteiger partial charge in [0.25, 0.3) is 0 Å². The molecular weight excluding hydrogens is 292 g/mol. The number of hydrogen-bond donors (Lipinski definition) is 1. The lowest BCUT2D eigenvalue weighted by Gasteiger charge is -2.16. The molecule has 0 heterocycles. The van der Waals surface area contributed by atoms with Crippen LogP contribution >= 0.6 is 0 Å². The number of nitrogen functional groups attached to an aromatic ring is 1. The molecule has 2 aromatic carbocycles. The molecule has 0 aliphatic carbocycles. The van der Waals surface area contributed by atoms with Gasteiger partial charge in [-0.3, -0.25) is 0 Å². The highest BCUT2D eigenvalue weighted by atomic mass is 18.2. The topological polar surface area (TPSA) is 62.3 Å². The predicted molar refractivity (Wildman–Crippen MR) is 90.8 cm³/mol. The molecule has 0 saturated carbocycles. The molecule has 2 N–H and O–H groups in total. The zero-order chi connectivity index (χ0) is 17.4. The van der Waals surface area contributed by atoms with Gasteiger partial charge in [-0.1, -0.05) is 26.0 Å². The second-order valence-corrected chi connectivity index (χ2v) is 4.93. The average molecular weight is 314 g/mol. The third-order valence-corrected chi connectivity index (χ3v) is 2.90. The molecule has 0 atom stereocenters. The Hall–Kier alpha value is -2.58. The van der Waals surface area contributed by atoms with E-state index in [2.05, 4.69) is 0 Å². The molecule has 122 valence electrons. The first-order valence-corrected chi connectivity index (χ1v) is 7.41. The van der Waals surface area contributed by atoms with Crippen molar-refractivity contribution in [3.05, 3.63) is 53.3 Å². The maximum atomic E-state index is 13.8. The molecule has 0 bridgehead atoms. The summed E-state index contributed by atoms with van der Waals surface area (Å²) in [5, 5.41) is 8.96. The minimum Gasteiger partial charge on any atom is -0.455 e. The Morgan fingerprint density at radius 1 is 1.17 bits per heavy atom. The quantitative estimate of drug-likeness (QED) is 0.861. The average Bonchev–Trinajstić information content (AvgIpc) is 2.53. The summed E-state index contributed by atoms with van der Waals surface area (Å²) in [7, 11) is 3.74. The van der Waals surface area contributed by atoms with E-state index in [0.29, 0.717) is 29.3 Å². The summed E-state index contributed by atoms with van der Waals surface area (Å²) in [4.78, 5) is 1.89. The largest absolute Gasteiger partial charge is 0.455 e. The van der Waals surface area contributed by atoms with Crippen LogP contribution < -0.4 is 10.5 Å². The number of nitrogens with two attached hydrogens (primary N) is 1. The van der Waals surface area contributed by atoms with Gasteiger partial charge in [0.1, 0.15) is 23.4 Å². The zero-order valence-corrected chi connectivity index (χ0v) is 13.9. The number of para-hydroxylation sites is 2. The van der Waals surface area contributed by atoms with Crippen LogP contribution in [0, 0.1) is 17.1 Å². The fourth-order valence-electron chi connectivity index (χ4n) is 1.93. The molecule has 0 aliphatic rings. The highest BCUT2D eigenvalue weighted by molar-refractivity contribution is 5.55. The summed E-state index contributed by atoms with van der Waals surface area (Å²) in [5.74, 6) is 0.357. The van der Waals surface area contributed by atoms with Gasteiger partial charge in [0, 0.05) is 18.2 Å². The molecule has 0 unspecified atom stereocenters. The highest BCUT2D eigenvalue weighted by Crippen LogP contribution is 2.31. The van der Waals surface area contributed by atoms with E-state index in [4.69, 9.17) is 15.7 Å². The standard InChI is InChI=1S/C16H16FN3O.C2H6/c1-20(2)10-12-7-13(17)11(9-18)8-16(12)21-15-6-4-3-5-14(15)19;1-2/h3-8H,10,19H2,1-2H3;1-2H3/i17-1;. The SMILES string of the molecule is CC.CN(C)Cc1cc([18F])c(C#N)cc1Oc1ccccc1N. The Morgan fingerprint density at radius 3 is 2.39 bits per heavy atom. The second-order valence-electron chi connectivity index (χ2n) is 4.93. The summed E-state index contributed by atoms with van der Waals surface area (Å²) >= 11 is 0. The van der Waals surface area contributed by atoms with Crippen molar-refractivity contribution in [3.63, 3.8) is 0 Å². The molecule has 0 spiro atoms. The van der Waals surface area contributed by atoms with Gasteiger partial charge in [0.2, 0.25) is 0 Å². The summed E-state index contributed by atoms with van der Waals surface area (Å²) in [5.41, 5.74) is 6.93. The van der Waals surface area contributed by atoms with Crippen LogP contribution in [-0.4, -0.2) is 19.0 Å². The summed E-state index contributed by atoms with van der Waals surface area (Å²) in [6.07, 6.45) is 0. The van der Waals surface area contributed by atoms with Gasteiger partial charge in [-0.25, -0.2) is 4.39 Å². The summed E-state index contributed by atoms with van der Waals surface area (Å²) in [6.45, 7) is 4.49. The van der Waals surface area contributed by atoms with Crippen molar-refractivity contribution < 1.29 is 9.13 Å². The Bertz CT molecular complexity index is 693. The fourth-order valence-corrected chi connectivity index (χ4v) is 1.93. The number of ether oxygens (including phenoxy) is 1. The minimum absolute atomic E-state index is 0.0537. The first-order valence-electron chi connectivity index (χ1n) is 7.41. The molecule has 0 aromatic heterocycles. The Labute approximate surface area is 136 Å². The van der Waals surface area contributed by atoms with Crippen LogP contribution in [0.4, 0.5) is 10.1 Å². The Morgan fingerprint density at radius 2 is 1.83 bits per heavy atom. The van der Waals surface area contributed by atoms with Crippen molar-refractivity contribution in [1.29, 1.82) is 5.26 Å². The monoisotopic (exact) mass is 314 g/mol. The third kappa shape index (κ3) is 4.97. The van der Waals surface area contributed by atoms with Crippen molar-refractivity contribution in [2.75, 3.05) is 19.8 Å². The molecular formula is C18H22FN3O. The lowest BCUT2D eigenvalue weighted by molar-refractivity contribution is 0.387. The van der Waals surface area contributed by atoms with Crippen LogP contribution in [-0.2, 0) is 6.54 Å². The number of rotatable bonds is 4. The van der Waals surface area contributed by atoms with Crippen molar-refractivity contribution in [2.45, 2.75) is 20.4 Å². The van der Waals surface area contributed by atoms with E-state index >= 15 is 0 Å². The zero-order valence-electron chi connectivity index (χ0n) is 13.9. The van der Waals surface area contributed by atoms with Gasteiger partial charge in [0.15, 0.2) is 0 Å². The van der Waals surface area contributed by atoms with Crippen LogP contribution in [0.15, 0.2) is 36.4 Å². The number of halogens is 1. The first kappa shape index (κ1) is 18.5. The van der Waals surface area contributed by atoms with Gasteiger partial charge in [-0.05, 0) is 32.3 Å². The number of nitriles is 1. The van der Waals surface area contributed by atoms with E-state index in [-0.39, 0.29) is 5.56 Å². The fraction of sp³-hybridized carbons (Fsp3) is 0.278. The normalized spacial score (nSPS) is 9.78. The van der Waals surface area contributed by atoms with Gasteiger partial charge in [0.05, 0.1) is 11.3 Å². The van der Waals surface area contributed by atoms with Gasteiger partial charge >= 0.3 is 0 Å². The van der Waals surface area contributed by atoms with E-state index in [0.717, 1.165) is 0 Å². The number of benzene rings is 2. The molecule has 23 heavy (non-hydrogen) atoms. The number of nitrogens with zero attached hydrogens (tertiary/aromatic N) is 2. The maximum absolute atomic E-state index is 13.8. The minimum atomic E-state index is -0.553. The first-order chi connectivity index (χ1) is 11.0. The second kappa shape index (κ2) is 8.76. The molecule has 4 nitrogen and oxygen atoms in total. The van der Waals surface area contributed by atoms with E-state index in [9.17, 15) is 4.39 Å². The van der Waals surface area contributed by atoms with E-state index in [1.54, 1.807) is 24.3 Å². The van der Waals surface area contributed by atoms with E-state index in [1.165, 1.54) is 12.1 Å². The molecule has 2 aromatic rings. The van der Waals surface area contributed by atoms with Crippen LogP contribution in [0.3, 0.4) is 0 Å². The van der Waals surface area contributed by atoms with Crippen molar-refractivity contribution in [2.24, 2.45) is 0 Å². The number of anilines is 1. The lowest BCUT2D eigenvalue weighted by Crippen LogP contribution is -2.12. The van der Waals surface area contributed by atoms with Gasteiger partial charge in [-0.15, -0.1) is 0 Å². The van der Waals surface area contributed by atoms with Gasteiger partial charge < -0.3 is 15.4 Å². The summed E-state index contributed by atoms with van der Waals surface area (Å²) in [6, 6.07) is 11.6. The van der Waals surface area contributed by atoms with Crippen LogP contribution in [0.25, 0.3) is 0 Å². The molecule has 0 aliphatic heterocycles. The van der Waals surface area contributed by atoms with Crippen molar-refractivity contribution >= 4 is 5.69 Å². The maximum Gasteiger partial charge on any atom is 0.150 e. The Balaban J connectivity index is 0.00000127. The lowest BCUT2D eigenvalue weighted by atomic mass is 10.1. The molecule has 0 radical (unpaired) electrons. The molecule has 5 heteroatoms. The van der Waals surface area contributed by atoms with E-state index in [1.807, 2.05) is 38.9 Å². The molecule has 2 rings (SSSR count). The molecule has 0 fully saturated rings. The van der Waals surface area contributed by atoms with Crippen LogP contribution in [0.5, 0.6) is 11.5 Å². The van der Waals surface area contributed by atoms with Crippen LogP contribution in [0.1, 0.15) is 25.0 Å². The molecule has 0 saturated heterocycles. The van der Waals surface area contributed by atoms with Crippen LogP contribution in [0.2, 0.25) is 0 Å². The van der Waals surface area contributed by atoms with Crippen molar-refractivity contribution in [3.8, 4) is 17.6 Å². The predicted octanol–water partition coefficient (Wildman–Crippen LogP) is 4.16. The Kier molecular flexibility index (Phi) is 7.04. The summed E-state index contributed by atoms with van der Waals surface area (Å²) < 4.78 is 19.5. The molecule has 0 amide bonds. The highest BCUT2D eigenvalue weighted by Gasteiger charge is 2.13. The van der Waals surface area contributed by atoms with Gasteiger partial charge in [-0.2, -0.15) is 5.26 Å². The van der Waals surface area contributed by atoms with E-state index < -0.39 is 5.82 Å². The third-order valence-electron chi connectivity index (χ3n) is 2.90. The number of hydrogen-bond acceptors (Lipinski definition) is 4.